The van der Waals surface area contributed by atoms with Gasteiger partial charge in [-0.05, 0) is 59.3 Å². The second-order valence-corrected chi connectivity index (χ2v) is 11.8. The molecule has 0 aromatic carbocycles. The summed E-state index contributed by atoms with van der Waals surface area (Å²) in [5.41, 5.74) is 0. The van der Waals surface area contributed by atoms with Crippen molar-refractivity contribution in [2.75, 3.05) is 6.54 Å². The first kappa shape index (κ1) is 38.1. The predicted octanol–water partition coefficient (Wildman–Crippen LogP) is 7.27. The van der Waals surface area contributed by atoms with Crippen LogP contribution in [0.4, 0.5) is 0 Å². The van der Waals surface area contributed by atoms with E-state index in [1.165, 1.54) is 104 Å². The molecule has 0 fully saturated rings. The minimum atomic E-state index is -1.42. The third-order valence-electron chi connectivity index (χ3n) is 8.78. The number of unbranched alkanes of at least 4 members (excludes halogenated alkanes) is 18. The van der Waals surface area contributed by atoms with Gasteiger partial charge in [0.25, 0.3) is 0 Å². The van der Waals surface area contributed by atoms with Crippen molar-refractivity contribution in [3.05, 3.63) is 12.2 Å². The predicted molar refractivity (Wildman–Crippen MR) is 161 cm³/mol. The summed E-state index contributed by atoms with van der Waals surface area (Å²) in [6.45, 7) is 6.59. The van der Waals surface area contributed by atoms with Crippen LogP contribution in [0.25, 0.3) is 0 Å². The lowest BCUT2D eigenvalue weighted by atomic mass is 10.00. The van der Waals surface area contributed by atoms with Crippen LogP contribution in [0.5, 0.6) is 0 Å². The molecule has 234 valence electrons. The second kappa shape index (κ2) is 23.8. The van der Waals surface area contributed by atoms with Gasteiger partial charge in [-0.25, -0.2) is 9.59 Å². The number of hydrogen-bond acceptors (Lipinski definition) is 4. The molecule has 2 N–H and O–H groups in total. The molecule has 0 aliphatic heterocycles. The topological polar surface area (TPSA) is 115 Å². The summed E-state index contributed by atoms with van der Waals surface area (Å²) in [6.07, 6.45) is 29.1. The highest BCUT2D eigenvalue weighted by Gasteiger charge is 2.50. The minimum absolute atomic E-state index is 0.176. The maximum atomic E-state index is 11.8. The molecule has 0 saturated carbocycles. The Balaban J connectivity index is 4.02. The third kappa shape index (κ3) is 15.8. The van der Waals surface area contributed by atoms with Gasteiger partial charge in [-0.1, -0.05) is 109 Å². The van der Waals surface area contributed by atoms with Crippen LogP contribution in [0.2, 0.25) is 0 Å². The molecule has 0 spiro atoms. The normalized spacial score (nSPS) is 15.5. The van der Waals surface area contributed by atoms with Gasteiger partial charge in [0.15, 0.2) is 12.1 Å². The van der Waals surface area contributed by atoms with Gasteiger partial charge in [0.1, 0.15) is 6.04 Å². The second-order valence-electron chi connectivity index (χ2n) is 11.8. The standard InChI is InChI=1S/C33H61NO6/c1-5-6-7-8-9-10-11-12-13-14-15-16-17-18-19-20-21-22-23-24-25-26-27-34(28(2)31(35)36,29(3)32(37)38)30(4)33(39)40/h19-20,28-30H,5-18,21-27H2,1-4H3,(H2-,35,36,37,38,39,40)/b20-19+. The number of carbonyl (C=O) groups excluding carboxylic acids is 1. The molecule has 3 atom stereocenters. The van der Waals surface area contributed by atoms with E-state index < -0.39 is 40.5 Å². The Bertz CT molecular complexity index is 657. The van der Waals surface area contributed by atoms with Crippen molar-refractivity contribution in [3.63, 3.8) is 0 Å². The van der Waals surface area contributed by atoms with Crippen molar-refractivity contribution in [1.82, 2.24) is 0 Å². The quantitative estimate of drug-likeness (QED) is 0.0584. The van der Waals surface area contributed by atoms with Crippen LogP contribution in [-0.2, 0) is 14.4 Å². The number of rotatable bonds is 28. The first-order valence-corrected chi connectivity index (χ1v) is 16.3. The molecule has 0 radical (unpaired) electrons. The van der Waals surface area contributed by atoms with Gasteiger partial charge in [-0.3, -0.25) is 4.48 Å². The van der Waals surface area contributed by atoms with Gasteiger partial charge >= 0.3 is 11.9 Å². The van der Waals surface area contributed by atoms with Crippen LogP contribution in [0.15, 0.2) is 12.2 Å². The average Bonchev–Trinajstić information content (AvgIpc) is 2.92. The molecule has 40 heavy (non-hydrogen) atoms. The smallest absolute Gasteiger partial charge is 0.362 e. The van der Waals surface area contributed by atoms with Crippen molar-refractivity contribution in [1.29, 1.82) is 0 Å². The van der Waals surface area contributed by atoms with E-state index in [2.05, 4.69) is 19.1 Å². The van der Waals surface area contributed by atoms with Gasteiger partial charge in [0.2, 0.25) is 0 Å². The summed E-state index contributed by atoms with van der Waals surface area (Å²) in [5, 5.41) is 31.0. The molecule has 7 nitrogen and oxygen atoms in total. The molecule has 0 aromatic rings. The summed E-state index contributed by atoms with van der Waals surface area (Å²) in [5.74, 6) is -3.83. The zero-order chi connectivity index (χ0) is 30.2. The van der Waals surface area contributed by atoms with Crippen LogP contribution in [0.1, 0.15) is 156 Å². The van der Waals surface area contributed by atoms with Gasteiger partial charge < -0.3 is 20.1 Å². The van der Waals surface area contributed by atoms with Crippen LogP contribution in [-0.4, -0.2) is 57.3 Å². The largest absolute Gasteiger partial charge is 0.544 e. The maximum absolute atomic E-state index is 11.8. The fourth-order valence-electron chi connectivity index (χ4n) is 5.89. The Morgan fingerprint density at radius 3 is 1.23 bits per heavy atom. The van der Waals surface area contributed by atoms with Crippen LogP contribution >= 0.6 is 0 Å². The highest BCUT2D eigenvalue weighted by molar-refractivity contribution is 5.76. The third-order valence-corrected chi connectivity index (χ3v) is 8.78. The molecule has 0 rings (SSSR count). The fraction of sp³-hybridized carbons (Fsp3) is 0.848. The van der Waals surface area contributed by atoms with Crippen LogP contribution in [0.3, 0.4) is 0 Å². The van der Waals surface area contributed by atoms with E-state index in [1.54, 1.807) is 0 Å². The first-order valence-electron chi connectivity index (χ1n) is 16.3. The lowest BCUT2D eigenvalue weighted by Gasteiger charge is -2.49. The molecule has 0 aromatic heterocycles. The molecule has 0 aliphatic rings. The zero-order valence-corrected chi connectivity index (χ0v) is 26.2. The van der Waals surface area contributed by atoms with Crippen LogP contribution < -0.4 is 5.11 Å². The van der Waals surface area contributed by atoms with Gasteiger partial charge in [0, 0.05) is 0 Å². The summed E-state index contributed by atoms with van der Waals surface area (Å²) in [4.78, 5) is 35.3. The number of quaternary nitrogens is 1. The Morgan fingerprint density at radius 1 is 0.575 bits per heavy atom. The maximum Gasteiger partial charge on any atom is 0.362 e. The van der Waals surface area contributed by atoms with E-state index in [0.717, 1.165) is 38.5 Å². The van der Waals surface area contributed by atoms with Crippen molar-refractivity contribution < 1.29 is 34.2 Å². The Morgan fingerprint density at radius 2 is 0.900 bits per heavy atom. The minimum Gasteiger partial charge on any atom is -0.544 e. The lowest BCUT2D eigenvalue weighted by Crippen LogP contribution is -2.72. The number of allylic oxidation sites excluding steroid dienone is 2. The van der Waals surface area contributed by atoms with E-state index in [1.807, 2.05) is 0 Å². The van der Waals surface area contributed by atoms with Gasteiger partial charge in [0.05, 0.1) is 12.5 Å². The molecular weight excluding hydrogens is 506 g/mol. The van der Waals surface area contributed by atoms with Crippen LogP contribution in [0, 0.1) is 0 Å². The lowest BCUT2D eigenvalue weighted by molar-refractivity contribution is -0.969. The Kier molecular flexibility index (Phi) is 22.7. The van der Waals surface area contributed by atoms with E-state index in [-0.39, 0.29) is 6.54 Å². The van der Waals surface area contributed by atoms with E-state index in [4.69, 9.17) is 0 Å². The van der Waals surface area contributed by atoms with Crippen molar-refractivity contribution in [2.45, 2.75) is 174 Å². The molecule has 0 amide bonds. The summed E-state index contributed by atoms with van der Waals surface area (Å²) >= 11 is 0. The molecular formula is C33H61NO6. The van der Waals surface area contributed by atoms with Gasteiger partial charge in [-0.15, -0.1) is 0 Å². The molecule has 0 saturated heterocycles. The monoisotopic (exact) mass is 567 g/mol. The number of carbonyl (C=O) groups is 3. The molecule has 3 unspecified atom stereocenters. The summed E-state index contributed by atoms with van der Waals surface area (Å²) in [7, 11) is 0. The number of carboxylic acids is 3. The number of aliphatic carboxylic acids is 3. The Labute approximate surface area is 245 Å². The van der Waals surface area contributed by atoms with Crippen molar-refractivity contribution in [2.24, 2.45) is 0 Å². The van der Waals surface area contributed by atoms with E-state index >= 15 is 0 Å². The number of hydrogen-bond donors (Lipinski definition) is 2. The Hall–Kier alpha value is -1.89. The molecule has 0 aliphatic carbocycles. The molecule has 0 bridgehead atoms. The number of nitrogens with zero attached hydrogens (tertiary/aromatic N) is 1. The van der Waals surface area contributed by atoms with E-state index in [9.17, 15) is 29.7 Å². The van der Waals surface area contributed by atoms with Gasteiger partial charge in [-0.2, -0.15) is 0 Å². The first-order chi connectivity index (χ1) is 19.1. The highest BCUT2D eigenvalue weighted by Crippen LogP contribution is 2.27. The highest BCUT2D eigenvalue weighted by atomic mass is 16.4. The fourth-order valence-corrected chi connectivity index (χ4v) is 5.89. The van der Waals surface area contributed by atoms with E-state index in [0.29, 0.717) is 6.42 Å². The average molecular weight is 568 g/mol. The summed E-state index contributed by atoms with van der Waals surface area (Å²) < 4.78 is -0.547. The van der Waals surface area contributed by atoms with Crippen molar-refractivity contribution >= 4 is 17.9 Å². The SMILES string of the molecule is CCCCCCCCCCCCCCC/C=C/CCCCCCC[N+](C(C)C(=O)[O-])(C(C)C(=O)O)C(C)C(=O)O. The summed E-state index contributed by atoms with van der Waals surface area (Å²) in [6, 6.07) is -3.57. The number of carboxylic acid groups (broad SMARTS) is 3. The van der Waals surface area contributed by atoms with Crippen molar-refractivity contribution in [3.8, 4) is 0 Å². The molecule has 0 heterocycles. The zero-order valence-electron chi connectivity index (χ0n) is 26.2. The molecule has 7 heteroatoms.